The van der Waals surface area contributed by atoms with Gasteiger partial charge in [-0.1, -0.05) is 133 Å². The third-order valence-electron chi connectivity index (χ3n) is 8.56. The second-order valence-corrected chi connectivity index (χ2v) is 11.5. The van der Waals surface area contributed by atoms with E-state index >= 15 is 0 Å². The molecule has 6 aromatic carbocycles. The van der Waals surface area contributed by atoms with Crippen molar-refractivity contribution in [3.63, 3.8) is 0 Å². The van der Waals surface area contributed by atoms with E-state index in [0.717, 1.165) is 60.6 Å². The van der Waals surface area contributed by atoms with Crippen molar-refractivity contribution in [1.29, 1.82) is 0 Å². The van der Waals surface area contributed by atoms with Gasteiger partial charge in [0.15, 0.2) is 17.5 Å². The Labute approximate surface area is 270 Å². The van der Waals surface area contributed by atoms with Crippen LogP contribution in [-0.4, -0.2) is 19.9 Å². The number of hydrogen-bond acceptors (Lipinski definition) is 5. The molecular formula is C42H26N4O. The number of hydrogen-bond donors (Lipinski definition) is 0. The molecule has 9 aromatic rings. The summed E-state index contributed by atoms with van der Waals surface area (Å²) in [4.78, 5) is 20.0. The van der Waals surface area contributed by atoms with Gasteiger partial charge in [0.2, 0.25) is 5.71 Å². The zero-order chi connectivity index (χ0) is 31.2. The highest BCUT2D eigenvalue weighted by Crippen LogP contribution is 2.42. The fourth-order valence-electron chi connectivity index (χ4n) is 6.22. The third kappa shape index (κ3) is 4.82. The molecule has 5 heteroatoms. The molecule has 0 amide bonds. The Morgan fingerprint density at radius 3 is 1.55 bits per heavy atom. The van der Waals surface area contributed by atoms with Gasteiger partial charge in [-0.15, -0.1) is 0 Å². The molecule has 3 heterocycles. The summed E-state index contributed by atoms with van der Waals surface area (Å²) in [6, 6.07) is 53.6. The highest BCUT2D eigenvalue weighted by Gasteiger charge is 2.22. The number of fused-ring (bicyclic) bond motifs is 4. The number of furan rings is 1. The van der Waals surface area contributed by atoms with Crippen LogP contribution < -0.4 is 0 Å². The van der Waals surface area contributed by atoms with E-state index in [-0.39, 0.29) is 0 Å². The van der Waals surface area contributed by atoms with Crippen molar-refractivity contribution in [3.8, 4) is 56.4 Å². The van der Waals surface area contributed by atoms with Gasteiger partial charge in [0.05, 0.1) is 5.52 Å². The molecule has 0 radical (unpaired) electrons. The highest BCUT2D eigenvalue weighted by atomic mass is 16.3. The van der Waals surface area contributed by atoms with Gasteiger partial charge in [-0.2, -0.15) is 0 Å². The first-order valence-electron chi connectivity index (χ1n) is 15.6. The molecule has 0 bridgehead atoms. The summed E-state index contributed by atoms with van der Waals surface area (Å²) in [6.45, 7) is 0. The van der Waals surface area contributed by atoms with E-state index in [1.54, 1.807) is 0 Å². The van der Waals surface area contributed by atoms with E-state index in [4.69, 9.17) is 24.4 Å². The van der Waals surface area contributed by atoms with Gasteiger partial charge in [-0.3, -0.25) is 0 Å². The maximum Gasteiger partial charge on any atom is 0.227 e. The molecule has 0 atom stereocenters. The summed E-state index contributed by atoms with van der Waals surface area (Å²) in [6.07, 6.45) is 0. The van der Waals surface area contributed by atoms with Crippen LogP contribution in [0.2, 0.25) is 0 Å². The molecule has 0 unspecified atom stereocenters. The fraction of sp³-hybridized carbons (Fsp3) is 0. The van der Waals surface area contributed by atoms with Crippen molar-refractivity contribution in [2.75, 3.05) is 0 Å². The summed E-state index contributed by atoms with van der Waals surface area (Å²) in [5.74, 6) is 1.80. The van der Waals surface area contributed by atoms with Crippen LogP contribution in [0, 0.1) is 0 Å². The number of pyridine rings is 1. The van der Waals surface area contributed by atoms with Crippen LogP contribution in [0.25, 0.3) is 89.4 Å². The lowest BCUT2D eigenvalue weighted by atomic mass is 9.96. The first-order valence-corrected chi connectivity index (χ1v) is 15.6. The second kappa shape index (κ2) is 11.2. The topological polar surface area (TPSA) is 64.7 Å². The van der Waals surface area contributed by atoms with Gasteiger partial charge in [0.25, 0.3) is 0 Å². The Morgan fingerprint density at radius 2 is 0.894 bits per heavy atom. The number of para-hydroxylation sites is 1. The van der Waals surface area contributed by atoms with Gasteiger partial charge >= 0.3 is 0 Å². The molecule has 0 aliphatic rings. The lowest BCUT2D eigenvalue weighted by Crippen LogP contribution is -2.00. The molecule has 0 aliphatic heterocycles. The maximum absolute atomic E-state index is 6.67. The Morgan fingerprint density at radius 1 is 0.383 bits per heavy atom. The predicted octanol–water partition coefficient (Wildman–Crippen LogP) is 10.7. The number of rotatable bonds is 5. The number of benzene rings is 6. The van der Waals surface area contributed by atoms with Crippen LogP contribution in [0.15, 0.2) is 162 Å². The van der Waals surface area contributed by atoms with Crippen molar-refractivity contribution in [2.45, 2.75) is 0 Å². The normalized spacial score (nSPS) is 11.4. The minimum absolute atomic E-state index is 0.574. The van der Waals surface area contributed by atoms with Crippen molar-refractivity contribution < 1.29 is 4.42 Å². The Bertz CT molecular complexity index is 2490. The third-order valence-corrected chi connectivity index (χ3v) is 8.56. The number of aromatic nitrogens is 4. The van der Waals surface area contributed by atoms with E-state index in [9.17, 15) is 0 Å². The van der Waals surface area contributed by atoms with Gasteiger partial charge < -0.3 is 4.42 Å². The van der Waals surface area contributed by atoms with E-state index in [1.807, 2.05) is 84.9 Å². The molecular weight excluding hydrogens is 576 g/mol. The van der Waals surface area contributed by atoms with E-state index in [1.165, 1.54) is 5.56 Å². The van der Waals surface area contributed by atoms with E-state index < -0.39 is 0 Å². The van der Waals surface area contributed by atoms with Gasteiger partial charge in [0, 0.05) is 38.4 Å². The van der Waals surface area contributed by atoms with Gasteiger partial charge in [0.1, 0.15) is 5.58 Å². The molecule has 0 N–H and O–H groups in total. The largest absolute Gasteiger partial charge is 0.437 e. The summed E-state index contributed by atoms with van der Waals surface area (Å²) in [5, 5.41) is 2.88. The Balaban J connectivity index is 1.30. The predicted molar refractivity (Wildman–Crippen MR) is 190 cm³/mol. The SMILES string of the molecule is c1ccc(-c2ccc(-c3ccc(-c4nc(-c5ccccc5)nc(-c5ccccc5)n4)c4c3oc3nc5ccccc5cc34)cc2)cc1. The van der Waals surface area contributed by atoms with Crippen LogP contribution in [0.5, 0.6) is 0 Å². The molecule has 0 saturated carbocycles. The summed E-state index contributed by atoms with van der Waals surface area (Å²) in [5.41, 5.74) is 9.27. The minimum atomic E-state index is 0.574. The summed E-state index contributed by atoms with van der Waals surface area (Å²) >= 11 is 0. The molecule has 9 rings (SSSR count). The smallest absolute Gasteiger partial charge is 0.227 e. The second-order valence-electron chi connectivity index (χ2n) is 11.5. The molecule has 0 aliphatic carbocycles. The van der Waals surface area contributed by atoms with Crippen molar-refractivity contribution >= 4 is 33.0 Å². The number of nitrogens with zero attached hydrogens (tertiary/aromatic N) is 4. The minimum Gasteiger partial charge on any atom is -0.437 e. The molecule has 0 fully saturated rings. The first-order chi connectivity index (χ1) is 23.3. The van der Waals surface area contributed by atoms with Crippen LogP contribution in [0.1, 0.15) is 0 Å². The maximum atomic E-state index is 6.67. The molecule has 0 spiro atoms. The standard InChI is InChI=1S/C42H26N4O/c1-4-12-27(13-5-1)28-20-22-29(23-21-28)33-24-25-34(37-35-26-32-18-10-11-19-36(32)43-42(35)47-38(33)37)41-45-39(30-14-6-2-7-15-30)44-40(46-41)31-16-8-3-9-17-31/h1-26H. The van der Waals surface area contributed by atoms with Crippen LogP contribution in [0.3, 0.4) is 0 Å². The molecule has 47 heavy (non-hydrogen) atoms. The quantitative estimate of drug-likeness (QED) is 0.196. The lowest BCUT2D eigenvalue weighted by molar-refractivity contribution is 0.657. The lowest BCUT2D eigenvalue weighted by Gasteiger charge is -2.11. The zero-order valence-corrected chi connectivity index (χ0v) is 25.2. The van der Waals surface area contributed by atoms with Crippen LogP contribution in [0.4, 0.5) is 0 Å². The highest BCUT2D eigenvalue weighted by molar-refractivity contribution is 6.16. The first kappa shape index (κ1) is 26.9. The van der Waals surface area contributed by atoms with Crippen molar-refractivity contribution in [3.05, 3.63) is 158 Å². The van der Waals surface area contributed by atoms with Crippen LogP contribution >= 0.6 is 0 Å². The fourth-order valence-corrected chi connectivity index (χ4v) is 6.22. The molecule has 5 nitrogen and oxygen atoms in total. The van der Waals surface area contributed by atoms with Crippen molar-refractivity contribution in [1.82, 2.24) is 19.9 Å². The monoisotopic (exact) mass is 602 g/mol. The summed E-state index contributed by atoms with van der Waals surface area (Å²) in [7, 11) is 0. The van der Waals surface area contributed by atoms with Gasteiger partial charge in [-0.05, 0) is 41.0 Å². The Kier molecular flexibility index (Phi) is 6.39. The van der Waals surface area contributed by atoms with E-state index in [0.29, 0.717) is 23.2 Å². The Hall–Kier alpha value is -6.46. The average Bonchev–Trinajstić information content (AvgIpc) is 3.53. The molecule has 3 aromatic heterocycles. The molecule has 220 valence electrons. The zero-order valence-electron chi connectivity index (χ0n) is 25.2. The van der Waals surface area contributed by atoms with Crippen molar-refractivity contribution in [2.24, 2.45) is 0 Å². The average molecular weight is 603 g/mol. The summed E-state index contributed by atoms with van der Waals surface area (Å²) < 4.78 is 6.67. The van der Waals surface area contributed by atoms with Crippen LogP contribution in [-0.2, 0) is 0 Å². The van der Waals surface area contributed by atoms with E-state index in [2.05, 4.69) is 72.8 Å². The molecule has 0 saturated heterocycles. The van der Waals surface area contributed by atoms with Gasteiger partial charge in [-0.25, -0.2) is 19.9 Å².